The molecule has 3 aromatic carbocycles. The van der Waals surface area contributed by atoms with Crippen molar-refractivity contribution in [2.45, 2.75) is 156 Å². The average molecular weight is 999 g/mol. The van der Waals surface area contributed by atoms with Crippen molar-refractivity contribution >= 4 is 41.4 Å². The van der Waals surface area contributed by atoms with Crippen LogP contribution in [0.15, 0.2) is 128 Å². The molecule has 0 bridgehead atoms. The van der Waals surface area contributed by atoms with Crippen LogP contribution in [0.5, 0.6) is 0 Å². The number of anilines is 3. The van der Waals surface area contributed by atoms with Crippen LogP contribution in [0.1, 0.15) is 92.7 Å². The van der Waals surface area contributed by atoms with Gasteiger partial charge in [0.15, 0.2) is 0 Å². The van der Waals surface area contributed by atoms with E-state index in [1.165, 1.54) is 46.1 Å². The van der Waals surface area contributed by atoms with Gasteiger partial charge in [-0.05, 0) is 95.2 Å². The Hall–Kier alpha value is -3.85. The first-order valence-electron chi connectivity index (χ1n) is 28.1. The lowest BCUT2D eigenvalue weighted by atomic mass is 9.81. The molecule has 0 saturated heterocycles. The van der Waals surface area contributed by atoms with Gasteiger partial charge in [-0.25, -0.2) is 0 Å². The molecule has 3 nitrogen and oxygen atoms in total. The fraction of sp³-hybridized carbons (Fsp3) is 0.538. The zero-order valence-corrected chi connectivity index (χ0v) is 50.0. The second-order valence-corrected chi connectivity index (χ2v) is 44.2. The van der Waals surface area contributed by atoms with Crippen LogP contribution in [0.4, 0.5) is 17.1 Å². The Morgan fingerprint density at radius 3 is 1.15 bits per heavy atom. The molecule has 3 aromatic rings. The molecule has 0 aromatic heterocycles. The Bertz CT molecular complexity index is 2690. The summed E-state index contributed by atoms with van der Waals surface area (Å²) in [4.78, 5) is 5.62. The number of rotatable bonds is 5. The molecule has 3 fully saturated rings. The van der Waals surface area contributed by atoms with Crippen molar-refractivity contribution in [3.63, 3.8) is 0 Å². The lowest BCUT2D eigenvalue weighted by Gasteiger charge is -2.41. The maximum absolute atomic E-state index is 2.86. The largest absolute Gasteiger partial charge is 0.394 e. The highest BCUT2D eigenvalue weighted by Crippen LogP contribution is 2.62. The Balaban J connectivity index is 0.000000123. The fourth-order valence-corrected chi connectivity index (χ4v) is 21.0. The maximum atomic E-state index is 2.86. The number of nitrogens with zero attached hydrogens (tertiary/aromatic N) is 3. The van der Waals surface area contributed by atoms with E-state index in [0.717, 1.165) is 11.8 Å². The molecule has 0 spiro atoms. The quantitative estimate of drug-likeness (QED) is 0.236. The highest BCUT2D eigenvalue weighted by atomic mass is 28.3. The minimum absolute atomic E-state index is 0.213. The third kappa shape index (κ3) is 8.98. The first kappa shape index (κ1) is 50.7. The molecule has 0 amide bonds. The van der Waals surface area contributed by atoms with Gasteiger partial charge in [0, 0.05) is 83.0 Å². The van der Waals surface area contributed by atoms with E-state index in [9.17, 15) is 0 Å². The summed E-state index contributed by atoms with van der Waals surface area (Å²) in [6, 6.07) is 23.7. The van der Waals surface area contributed by atoms with E-state index in [4.69, 9.17) is 0 Å². The fourth-order valence-electron chi connectivity index (χ4n) is 16.0. The van der Waals surface area contributed by atoms with E-state index in [-0.39, 0.29) is 5.41 Å². The van der Waals surface area contributed by atoms with E-state index in [1.807, 2.05) is 0 Å². The predicted octanol–water partition coefficient (Wildman–Crippen LogP) is 16.4. The minimum Gasteiger partial charge on any atom is -0.394 e. The van der Waals surface area contributed by atoms with Crippen molar-refractivity contribution in [2.24, 2.45) is 53.3 Å². The van der Waals surface area contributed by atoms with Gasteiger partial charge in [0.05, 0.1) is 16.1 Å². The van der Waals surface area contributed by atoms with Crippen LogP contribution >= 0.6 is 0 Å². The smallest absolute Gasteiger partial charge is 0.147 e. The molecule has 3 saturated carbocycles. The van der Waals surface area contributed by atoms with Gasteiger partial charge in [-0.2, -0.15) is 0 Å². The summed E-state index contributed by atoms with van der Waals surface area (Å²) in [5.74, 6) is 8.42. The summed E-state index contributed by atoms with van der Waals surface area (Å²) in [6.45, 7) is 41.5. The normalized spacial score (nSPS) is 34.1. The topological polar surface area (TPSA) is 9.72 Å². The van der Waals surface area contributed by atoms with Gasteiger partial charge in [0.25, 0.3) is 0 Å². The third-order valence-electron chi connectivity index (χ3n) is 18.7. The highest BCUT2D eigenvalue weighted by Gasteiger charge is 2.58. The van der Waals surface area contributed by atoms with Gasteiger partial charge in [-0.15, -0.1) is 0 Å². The molecule has 3 aliphatic heterocycles. The van der Waals surface area contributed by atoms with Gasteiger partial charge >= 0.3 is 0 Å². The number of fused-ring (bicyclic) bond motifs is 15. The summed E-state index contributed by atoms with van der Waals surface area (Å²) in [5.41, 5.74) is 14.0. The molecule has 15 atom stereocenters. The minimum atomic E-state index is -1.41. The number of hydrogen-bond donors (Lipinski definition) is 0. The maximum Gasteiger partial charge on any atom is 0.147 e. The molecule has 6 heteroatoms. The first-order chi connectivity index (χ1) is 33.3. The SMILES string of the molecule is CC1C2C=CC=CC2C2C1c1cc(C(C)(C)C)ccc1N2C[Si](C)(C)C.Cc1ccc2c(c1)C1C(C)C3C=CC=CC3C1N2C[Si](C)(C)C.Cc1ccc2c(c1)C1C(C)C3C=CC=CC3C1N2[Si](C)(C)C. The van der Waals surface area contributed by atoms with E-state index < -0.39 is 24.4 Å². The van der Waals surface area contributed by atoms with Crippen molar-refractivity contribution in [1.82, 2.24) is 0 Å². The van der Waals surface area contributed by atoms with Gasteiger partial charge in [0.1, 0.15) is 8.24 Å². The molecule has 3 heterocycles. The van der Waals surface area contributed by atoms with E-state index in [2.05, 4.69) is 256 Å². The molecule has 378 valence electrons. The van der Waals surface area contributed by atoms with Gasteiger partial charge in [-0.3, -0.25) is 0 Å². The lowest BCUT2D eigenvalue weighted by molar-refractivity contribution is 0.428. The highest BCUT2D eigenvalue weighted by molar-refractivity contribution is 6.80. The van der Waals surface area contributed by atoms with Crippen molar-refractivity contribution in [3.05, 3.63) is 161 Å². The standard InChI is InChI=1S/C24H35NSi.C21H29NSi.C20H27NSi/c1-16-18-10-8-9-11-19(18)23-22(16)20-14-17(24(2,3)4)12-13-21(20)25(23)15-26(5,6)7;1-14-10-11-19-18(12-14)20-15(2)16-8-6-7-9-17(16)21(20)22(19)13-23(3,4)5;1-13-10-11-18-17(12-13)19-14(2)15-8-6-7-9-16(15)20(19)21(18)22(3,4)5/h8-14,16,18-19,22-23H,15H2,1-7H3;6-12,15-17,20-21H,13H2,1-5H3;6-12,14-16,19-20H,1-5H3. The van der Waals surface area contributed by atoms with Gasteiger partial charge in [-0.1, -0.05) is 221 Å². The Morgan fingerprint density at radius 1 is 0.423 bits per heavy atom. The van der Waals surface area contributed by atoms with Crippen LogP contribution < -0.4 is 14.4 Å². The summed E-state index contributed by atoms with van der Waals surface area (Å²) < 4.78 is 2.86. The van der Waals surface area contributed by atoms with Crippen LogP contribution in [0.2, 0.25) is 58.9 Å². The molecule has 71 heavy (non-hydrogen) atoms. The van der Waals surface area contributed by atoms with Crippen LogP contribution in [-0.4, -0.2) is 54.8 Å². The molecule has 0 radical (unpaired) electrons. The predicted molar refractivity (Wildman–Crippen MR) is 318 cm³/mol. The lowest BCUT2D eigenvalue weighted by Crippen LogP contribution is -2.52. The van der Waals surface area contributed by atoms with Crippen molar-refractivity contribution in [1.29, 1.82) is 0 Å². The summed E-state index contributed by atoms with van der Waals surface area (Å²) in [5, 5.41) is 0. The Labute approximate surface area is 435 Å². The summed E-state index contributed by atoms with van der Waals surface area (Å²) in [6.07, 6.45) is 31.0. The number of benzene rings is 3. The number of aryl methyl sites for hydroxylation is 2. The number of allylic oxidation sites excluding steroid dienone is 9. The van der Waals surface area contributed by atoms with E-state index in [1.54, 1.807) is 16.7 Å². The Kier molecular flexibility index (Phi) is 13.0. The monoisotopic (exact) mass is 998 g/mol. The van der Waals surface area contributed by atoms with Crippen LogP contribution in [0.25, 0.3) is 0 Å². The second kappa shape index (κ2) is 18.2. The van der Waals surface area contributed by atoms with Crippen LogP contribution in [0, 0.1) is 67.1 Å². The summed E-state index contributed by atoms with van der Waals surface area (Å²) >= 11 is 0. The zero-order chi connectivity index (χ0) is 50.9. The van der Waals surface area contributed by atoms with Crippen LogP contribution in [0.3, 0.4) is 0 Å². The molecular formula is C65H91N3Si3. The number of hydrogen-bond acceptors (Lipinski definition) is 3. The average Bonchev–Trinajstić information content (AvgIpc) is 4.10. The van der Waals surface area contributed by atoms with Crippen molar-refractivity contribution in [2.75, 3.05) is 26.7 Å². The Morgan fingerprint density at radius 2 is 0.761 bits per heavy atom. The molecular weight excluding hydrogens is 907 g/mol. The summed E-state index contributed by atoms with van der Waals surface area (Å²) in [7, 11) is -3.76. The first-order valence-corrected chi connectivity index (χ1v) is 38.9. The van der Waals surface area contributed by atoms with E-state index >= 15 is 0 Å². The van der Waals surface area contributed by atoms with Crippen LogP contribution in [-0.2, 0) is 5.41 Å². The molecule has 15 unspecified atom stereocenters. The molecule has 0 N–H and O–H groups in total. The van der Waals surface area contributed by atoms with Gasteiger partial charge < -0.3 is 14.4 Å². The molecule has 9 aliphatic rings. The van der Waals surface area contributed by atoms with Crippen molar-refractivity contribution < 1.29 is 0 Å². The molecule has 12 rings (SSSR count). The van der Waals surface area contributed by atoms with Crippen molar-refractivity contribution in [3.8, 4) is 0 Å². The van der Waals surface area contributed by atoms with E-state index in [0.29, 0.717) is 77.3 Å². The molecule has 6 aliphatic carbocycles. The third-order valence-corrected chi connectivity index (χ3v) is 23.3. The zero-order valence-electron chi connectivity index (χ0n) is 47.0. The second-order valence-electron chi connectivity index (χ2n) is 28.5. The van der Waals surface area contributed by atoms with Gasteiger partial charge in [0.2, 0.25) is 0 Å².